The van der Waals surface area contributed by atoms with Crippen molar-refractivity contribution in [1.29, 1.82) is 0 Å². The molecule has 1 aromatic carbocycles. The highest BCUT2D eigenvalue weighted by Gasteiger charge is 2.42. The van der Waals surface area contributed by atoms with Crippen LogP contribution in [0.3, 0.4) is 0 Å². The minimum absolute atomic E-state index is 0.0246. The average Bonchev–Trinajstić information content (AvgIpc) is 2.53. The van der Waals surface area contributed by atoms with E-state index in [-0.39, 0.29) is 5.54 Å². The molecule has 0 amide bonds. The Bertz CT molecular complexity index is 502. The summed E-state index contributed by atoms with van der Waals surface area (Å²) in [5.74, 6) is 1.73. The van der Waals surface area contributed by atoms with Crippen LogP contribution in [0.4, 0.5) is 0 Å². The van der Waals surface area contributed by atoms with Gasteiger partial charge in [0.15, 0.2) is 0 Å². The number of hydrogen-bond donors (Lipinski definition) is 1. The quantitative estimate of drug-likeness (QED) is 0.929. The number of nitrogens with two attached hydrogens (primary N) is 1. The molecule has 0 bridgehead atoms. The molecule has 1 saturated heterocycles. The first-order valence-electron chi connectivity index (χ1n) is 8.32. The van der Waals surface area contributed by atoms with Crippen LogP contribution in [-0.2, 0) is 12.0 Å². The zero-order valence-electron chi connectivity index (χ0n) is 13.4. The van der Waals surface area contributed by atoms with E-state index in [2.05, 4.69) is 30.0 Å². The van der Waals surface area contributed by atoms with E-state index in [1.807, 2.05) is 0 Å². The largest absolute Gasteiger partial charge is 0.497 e. The molecule has 0 aromatic heterocycles. The highest BCUT2D eigenvalue weighted by molar-refractivity contribution is 5.42. The van der Waals surface area contributed by atoms with Crippen molar-refractivity contribution in [1.82, 2.24) is 4.90 Å². The Balaban J connectivity index is 2.03. The van der Waals surface area contributed by atoms with Gasteiger partial charge in [0.1, 0.15) is 5.75 Å². The lowest BCUT2D eigenvalue weighted by Crippen LogP contribution is -2.55. The van der Waals surface area contributed by atoms with E-state index in [1.165, 1.54) is 56.3 Å². The number of rotatable bonds is 3. The number of methoxy groups -OCH3 is 1. The molecule has 2 aliphatic rings. The standard InChI is InChI=1S/C18H28N2O/c1-14-5-4-10-20(12-14)18(13-19)9-3-6-15-7-8-16(21-2)11-17(15)18/h7-8,11,14H,3-6,9-10,12-13,19H2,1-2H3. The topological polar surface area (TPSA) is 38.5 Å². The molecule has 0 saturated carbocycles. The molecule has 3 heteroatoms. The van der Waals surface area contributed by atoms with Crippen LogP contribution in [0.5, 0.6) is 5.75 Å². The lowest BCUT2D eigenvalue weighted by Gasteiger charge is -2.50. The molecule has 2 atom stereocenters. The minimum atomic E-state index is 0.0246. The van der Waals surface area contributed by atoms with Gasteiger partial charge in [-0.05, 0) is 67.8 Å². The highest BCUT2D eigenvalue weighted by atomic mass is 16.5. The summed E-state index contributed by atoms with van der Waals surface area (Å²) >= 11 is 0. The van der Waals surface area contributed by atoms with E-state index in [1.54, 1.807) is 7.11 Å². The van der Waals surface area contributed by atoms with Crippen molar-refractivity contribution in [3.63, 3.8) is 0 Å². The zero-order chi connectivity index (χ0) is 14.9. The van der Waals surface area contributed by atoms with Gasteiger partial charge < -0.3 is 10.5 Å². The van der Waals surface area contributed by atoms with Crippen molar-refractivity contribution in [2.75, 3.05) is 26.7 Å². The van der Waals surface area contributed by atoms with Crippen molar-refractivity contribution in [3.8, 4) is 5.75 Å². The van der Waals surface area contributed by atoms with Crippen LogP contribution in [0.15, 0.2) is 18.2 Å². The van der Waals surface area contributed by atoms with Crippen molar-refractivity contribution >= 4 is 0 Å². The predicted octanol–water partition coefficient (Wildman–Crippen LogP) is 2.92. The first kappa shape index (κ1) is 14.9. The third-order valence-electron chi connectivity index (χ3n) is 5.45. The molecule has 3 nitrogen and oxygen atoms in total. The number of nitrogens with zero attached hydrogens (tertiary/aromatic N) is 1. The molecule has 116 valence electrons. The molecule has 1 aliphatic carbocycles. The average molecular weight is 288 g/mol. The highest BCUT2D eigenvalue weighted by Crippen LogP contribution is 2.42. The summed E-state index contributed by atoms with van der Waals surface area (Å²) in [6, 6.07) is 6.57. The van der Waals surface area contributed by atoms with Crippen molar-refractivity contribution in [3.05, 3.63) is 29.3 Å². The van der Waals surface area contributed by atoms with Gasteiger partial charge in [-0.25, -0.2) is 0 Å². The molecule has 1 fully saturated rings. The fourth-order valence-corrected chi connectivity index (χ4v) is 4.29. The maximum atomic E-state index is 6.34. The van der Waals surface area contributed by atoms with Gasteiger partial charge in [0.2, 0.25) is 0 Å². The summed E-state index contributed by atoms with van der Waals surface area (Å²) in [5, 5.41) is 0. The molecule has 3 rings (SSSR count). The van der Waals surface area contributed by atoms with Crippen LogP contribution < -0.4 is 10.5 Å². The SMILES string of the molecule is COc1ccc2c(c1)C(CN)(N1CCCC(C)C1)CCC2. The number of benzene rings is 1. The Morgan fingerprint density at radius 2 is 2.24 bits per heavy atom. The van der Waals surface area contributed by atoms with Crippen molar-refractivity contribution in [2.24, 2.45) is 11.7 Å². The lowest BCUT2D eigenvalue weighted by molar-refractivity contribution is 0.0352. The second kappa shape index (κ2) is 5.98. The van der Waals surface area contributed by atoms with Gasteiger partial charge >= 0.3 is 0 Å². The normalized spacial score (nSPS) is 30.0. The second-order valence-electron chi connectivity index (χ2n) is 6.81. The van der Waals surface area contributed by atoms with Gasteiger partial charge in [-0.3, -0.25) is 4.90 Å². The zero-order valence-corrected chi connectivity index (χ0v) is 13.4. The van der Waals surface area contributed by atoms with Crippen LogP contribution >= 0.6 is 0 Å². The Morgan fingerprint density at radius 3 is 2.95 bits per heavy atom. The summed E-state index contributed by atoms with van der Waals surface area (Å²) in [5.41, 5.74) is 9.25. The summed E-state index contributed by atoms with van der Waals surface area (Å²) in [6.45, 7) is 5.43. The molecular formula is C18H28N2O. The molecule has 1 aliphatic heterocycles. The van der Waals surface area contributed by atoms with Crippen LogP contribution in [0.2, 0.25) is 0 Å². The van der Waals surface area contributed by atoms with Crippen molar-refractivity contribution in [2.45, 2.75) is 44.6 Å². The number of hydrogen-bond acceptors (Lipinski definition) is 3. The van der Waals surface area contributed by atoms with Crippen LogP contribution in [0.1, 0.15) is 43.7 Å². The van der Waals surface area contributed by atoms with Gasteiger partial charge in [0, 0.05) is 13.1 Å². The van der Waals surface area contributed by atoms with Gasteiger partial charge in [-0.2, -0.15) is 0 Å². The second-order valence-corrected chi connectivity index (χ2v) is 6.81. The van der Waals surface area contributed by atoms with Gasteiger partial charge in [0.25, 0.3) is 0 Å². The maximum absolute atomic E-state index is 6.34. The van der Waals surface area contributed by atoms with Crippen LogP contribution in [-0.4, -0.2) is 31.6 Å². The van der Waals surface area contributed by atoms with Gasteiger partial charge in [-0.1, -0.05) is 13.0 Å². The van der Waals surface area contributed by atoms with Crippen LogP contribution in [0.25, 0.3) is 0 Å². The summed E-state index contributed by atoms with van der Waals surface area (Å²) < 4.78 is 5.47. The monoisotopic (exact) mass is 288 g/mol. The summed E-state index contributed by atoms with van der Waals surface area (Å²) in [4.78, 5) is 2.67. The van der Waals surface area contributed by atoms with Gasteiger partial charge in [-0.15, -0.1) is 0 Å². The Hall–Kier alpha value is -1.06. The molecule has 0 spiro atoms. The number of ether oxygens (including phenoxy) is 1. The molecular weight excluding hydrogens is 260 g/mol. The molecule has 21 heavy (non-hydrogen) atoms. The van der Waals surface area contributed by atoms with E-state index in [0.29, 0.717) is 6.54 Å². The fourth-order valence-electron chi connectivity index (χ4n) is 4.29. The van der Waals surface area contributed by atoms with E-state index < -0.39 is 0 Å². The van der Waals surface area contributed by atoms with E-state index >= 15 is 0 Å². The molecule has 2 unspecified atom stereocenters. The number of likely N-dealkylation sites (tertiary alicyclic amines) is 1. The van der Waals surface area contributed by atoms with E-state index in [4.69, 9.17) is 10.5 Å². The Morgan fingerprint density at radius 1 is 1.38 bits per heavy atom. The lowest BCUT2D eigenvalue weighted by atomic mass is 9.74. The number of piperidine rings is 1. The molecule has 0 radical (unpaired) electrons. The molecule has 2 N–H and O–H groups in total. The van der Waals surface area contributed by atoms with E-state index in [9.17, 15) is 0 Å². The smallest absolute Gasteiger partial charge is 0.119 e. The number of fused-ring (bicyclic) bond motifs is 1. The first-order valence-corrected chi connectivity index (χ1v) is 8.32. The van der Waals surface area contributed by atoms with E-state index in [0.717, 1.165) is 11.7 Å². The first-order chi connectivity index (χ1) is 10.2. The summed E-state index contributed by atoms with van der Waals surface area (Å²) in [6.07, 6.45) is 6.23. The predicted molar refractivity (Wildman–Crippen MR) is 86.6 cm³/mol. The molecule has 1 aromatic rings. The third kappa shape index (κ3) is 2.58. The fraction of sp³-hybridized carbons (Fsp3) is 0.667. The van der Waals surface area contributed by atoms with Crippen LogP contribution in [0, 0.1) is 5.92 Å². The third-order valence-corrected chi connectivity index (χ3v) is 5.45. The Kier molecular flexibility index (Phi) is 4.23. The van der Waals surface area contributed by atoms with Crippen molar-refractivity contribution < 1.29 is 4.74 Å². The Labute approximate surface area is 128 Å². The number of aryl methyl sites for hydroxylation is 1. The minimum Gasteiger partial charge on any atom is -0.497 e. The maximum Gasteiger partial charge on any atom is 0.119 e. The molecule has 1 heterocycles. The van der Waals surface area contributed by atoms with Gasteiger partial charge in [0.05, 0.1) is 12.6 Å². The summed E-state index contributed by atoms with van der Waals surface area (Å²) in [7, 11) is 1.75.